The molecule has 1 heterocycles. The Bertz CT molecular complexity index is 385. The van der Waals surface area contributed by atoms with E-state index in [4.69, 9.17) is 0 Å². The highest BCUT2D eigenvalue weighted by Gasteiger charge is 2.27. The van der Waals surface area contributed by atoms with Crippen LogP contribution in [0, 0.1) is 11.3 Å². The minimum Gasteiger partial charge on any atom is -0.294 e. The number of nitrogens with zero attached hydrogens (tertiary/aromatic N) is 1. The summed E-state index contributed by atoms with van der Waals surface area (Å²) >= 11 is 0. The van der Waals surface area contributed by atoms with Crippen LogP contribution < -0.4 is 0 Å². The molecule has 2 nitrogen and oxygen atoms in total. The lowest BCUT2D eigenvalue weighted by Crippen LogP contribution is -2.17. The van der Waals surface area contributed by atoms with Crippen molar-refractivity contribution < 1.29 is 4.79 Å². The van der Waals surface area contributed by atoms with Crippen LogP contribution >= 0.6 is 0 Å². The maximum atomic E-state index is 11.9. The van der Waals surface area contributed by atoms with Gasteiger partial charge in [-0.05, 0) is 18.9 Å². The lowest BCUT2D eigenvalue weighted by molar-refractivity contribution is -0.117. The van der Waals surface area contributed by atoms with Crippen molar-refractivity contribution in [2.24, 2.45) is 16.3 Å². The molecule has 0 aromatic carbocycles. The summed E-state index contributed by atoms with van der Waals surface area (Å²) in [5.41, 5.74) is 1.91. The van der Waals surface area contributed by atoms with Gasteiger partial charge in [-0.3, -0.25) is 9.79 Å². The average Bonchev–Trinajstić information content (AvgIpc) is 2.32. The van der Waals surface area contributed by atoms with Crippen LogP contribution in [0.1, 0.15) is 33.6 Å². The van der Waals surface area contributed by atoms with Gasteiger partial charge in [0.15, 0.2) is 5.78 Å². The molecular weight excluding hydrogens is 186 g/mol. The van der Waals surface area contributed by atoms with Crippen molar-refractivity contribution in [1.82, 2.24) is 0 Å². The number of Topliss-reactive ketones (excluding diaryl/α,β-unsaturated/α-hetero) is 1. The smallest absolute Gasteiger partial charge is 0.167 e. The summed E-state index contributed by atoms with van der Waals surface area (Å²) in [7, 11) is 0. The van der Waals surface area contributed by atoms with E-state index in [1.807, 2.05) is 25.3 Å². The van der Waals surface area contributed by atoms with E-state index in [1.165, 1.54) is 0 Å². The molecule has 0 N–H and O–H groups in total. The molecule has 0 saturated heterocycles. The van der Waals surface area contributed by atoms with E-state index in [0.717, 1.165) is 24.1 Å². The van der Waals surface area contributed by atoms with E-state index in [2.05, 4.69) is 18.8 Å². The summed E-state index contributed by atoms with van der Waals surface area (Å²) in [6.45, 7) is 6.27. The minimum absolute atomic E-state index is 0.0279. The second-order valence-corrected chi connectivity index (χ2v) is 5.12. The molecule has 2 heteroatoms. The number of rotatable bonds is 0. The Balaban J connectivity index is 2.35. The Morgan fingerprint density at radius 3 is 2.93 bits per heavy atom. The summed E-state index contributed by atoms with van der Waals surface area (Å²) < 4.78 is 0. The summed E-state index contributed by atoms with van der Waals surface area (Å²) in [6.07, 6.45) is 7.76. The molecule has 1 aliphatic carbocycles. The fourth-order valence-corrected chi connectivity index (χ4v) is 1.95. The van der Waals surface area contributed by atoms with Crippen molar-refractivity contribution in [3.63, 3.8) is 0 Å². The Hall–Kier alpha value is -1.18. The third-order valence-electron chi connectivity index (χ3n) is 3.14. The highest BCUT2D eigenvalue weighted by molar-refractivity contribution is 6.00. The first-order valence-corrected chi connectivity index (χ1v) is 5.50. The zero-order chi connectivity index (χ0) is 11.1. The van der Waals surface area contributed by atoms with Crippen LogP contribution in [0.2, 0.25) is 0 Å². The summed E-state index contributed by atoms with van der Waals surface area (Å²) in [5, 5.41) is 0. The molecule has 0 bridgehead atoms. The van der Waals surface area contributed by atoms with Gasteiger partial charge in [0.2, 0.25) is 0 Å². The molecule has 0 aromatic rings. The maximum absolute atomic E-state index is 11.9. The van der Waals surface area contributed by atoms with Crippen LogP contribution in [0.25, 0.3) is 0 Å². The van der Waals surface area contributed by atoms with Gasteiger partial charge in [0.25, 0.3) is 0 Å². The van der Waals surface area contributed by atoms with Crippen LogP contribution in [0.15, 0.2) is 28.4 Å². The molecule has 0 fully saturated rings. The molecule has 0 spiro atoms. The van der Waals surface area contributed by atoms with Crippen molar-refractivity contribution in [3.05, 3.63) is 23.4 Å². The number of aliphatic imine (C=N–C) groups is 1. The molecule has 0 saturated carbocycles. The van der Waals surface area contributed by atoms with E-state index in [-0.39, 0.29) is 17.1 Å². The average molecular weight is 203 g/mol. The minimum atomic E-state index is 0.0279. The normalized spacial score (nSPS) is 29.0. The largest absolute Gasteiger partial charge is 0.294 e. The van der Waals surface area contributed by atoms with E-state index >= 15 is 0 Å². The number of hydrogen-bond donors (Lipinski definition) is 0. The van der Waals surface area contributed by atoms with E-state index < -0.39 is 0 Å². The third-order valence-corrected chi connectivity index (χ3v) is 3.14. The fraction of sp³-hybridized carbons (Fsp3) is 0.538. The van der Waals surface area contributed by atoms with Crippen molar-refractivity contribution in [2.45, 2.75) is 33.6 Å². The van der Waals surface area contributed by atoms with Gasteiger partial charge >= 0.3 is 0 Å². The van der Waals surface area contributed by atoms with Crippen LogP contribution in [0.5, 0.6) is 0 Å². The van der Waals surface area contributed by atoms with Gasteiger partial charge in [-0.25, -0.2) is 0 Å². The highest BCUT2D eigenvalue weighted by Crippen LogP contribution is 2.32. The van der Waals surface area contributed by atoms with Gasteiger partial charge in [0.1, 0.15) is 0 Å². The molecule has 1 unspecified atom stereocenters. The predicted octanol–water partition coefficient (Wildman–Crippen LogP) is 2.91. The van der Waals surface area contributed by atoms with Crippen LogP contribution in [-0.2, 0) is 4.79 Å². The fourth-order valence-electron chi connectivity index (χ4n) is 1.95. The van der Waals surface area contributed by atoms with Gasteiger partial charge in [-0.1, -0.05) is 26.8 Å². The Kier molecular flexibility index (Phi) is 2.37. The molecule has 0 aromatic heterocycles. The SMILES string of the molecule is CC1C=CC2=C(CCC(C)(C)C=N2)C1=O. The first-order chi connectivity index (χ1) is 6.99. The molecule has 0 amide bonds. The zero-order valence-corrected chi connectivity index (χ0v) is 9.58. The number of allylic oxidation sites excluding steroid dienone is 3. The van der Waals surface area contributed by atoms with Gasteiger partial charge in [0.05, 0.1) is 5.70 Å². The van der Waals surface area contributed by atoms with E-state index in [1.54, 1.807) is 0 Å². The zero-order valence-electron chi connectivity index (χ0n) is 9.58. The standard InChI is InChI=1S/C13H17NO/c1-9-4-5-11-10(12(9)15)6-7-13(2,3)8-14-11/h4-5,8-9H,6-7H2,1-3H3. The molecule has 2 rings (SSSR count). The lowest BCUT2D eigenvalue weighted by atomic mass is 9.84. The number of hydrogen-bond acceptors (Lipinski definition) is 2. The molecule has 80 valence electrons. The van der Waals surface area contributed by atoms with Crippen LogP contribution in [0.4, 0.5) is 0 Å². The Morgan fingerprint density at radius 2 is 2.20 bits per heavy atom. The Morgan fingerprint density at radius 1 is 1.47 bits per heavy atom. The van der Waals surface area contributed by atoms with Gasteiger partial charge in [-0.15, -0.1) is 0 Å². The molecule has 2 aliphatic rings. The lowest BCUT2D eigenvalue weighted by Gasteiger charge is -2.18. The first-order valence-electron chi connectivity index (χ1n) is 5.50. The van der Waals surface area contributed by atoms with Crippen molar-refractivity contribution in [2.75, 3.05) is 0 Å². The monoisotopic (exact) mass is 203 g/mol. The van der Waals surface area contributed by atoms with Crippen molar-refractivity contribution in [3.8, 4) is 0 Å². The Labute approximate surface area is 90.8 Å². The van der Waals surface area contributed by atoms with Crippen molar-refractivity contribution in [1.29, 1.82) is 0 Å². The molecule has 1 aliphatic heterocycles. The van der Waals surface area contributed by atoms with Crippen molar-refractivity contribution >= 4 is 12.0 Å². The second-order valence-electron chi connectivity index (χ2n) is 5.12. The molecule has 1 atom stereocenters. The summed E-state index contributed by atoms with van der Waals surface area (Å²) in [4.78, 5) is 16.4. The van der Waals surface area contributed by atoms with Crippen LogP contribution in [-0.4, -0.2) is 12.0 Å². The number of ketones is 1. The molecule has 0 radical (unpaired) electrons. The number of carbonyl (C=O) groups is 1. The van der Waals surface area contributed by atoms with E-state index in [9.17, 15) is 4.79 Å². The third kappa shape index (κ3) is 1.94. The van der Waals surface area contributed by atoms with Gasteiger partial charge in [0, 0.05) is 23.1 Å². The quantitative estimate of drug-likeness (QED) is 0.595. The highest BCUT2D eigenvalue weighted by atomic mass is 16.1. The second kappa shape index (κ2) is 3.44. The van der Waals surface area contributed by atoms with Gasteiger partial charge < -0.3 is 0 Å². The van der Waals surface area contributed by atoms with E-state index in [0.29, 0.717) is 0 Å². The number of carbonyl (C=O) groups excluding carboxylic acids is 1. The van der Waals surface area contributed by atoms with Crippen LogP contribution in [0.3, 0.4) is 0 Å². The predicted molar refractivity (Wildman–Crippen MR) is 61.8 cm³/mol. The van der Waals surface area contributed by atoms with Gasteiger partial charge in [-0.2, -0.15) is 0 Å². The first kappa shape index (κ1) is 10.3. The maximum Gasteiger partial charge on any atom is 0.167 e. The topological polar surface area (TPSA) is 29.4 Å². The summed E-state index contributed by atoms with van der Waals surface area (Å²) in [5.74, 6) is 0.280. The molecular formula is C13H17NO. The summed E-state index contributed by atoms with van der Waals surface area (Å²) in [6, 6.07) is 0. The molecule has 15 heavy (non-hydrogen) atoms.